The largest absolute Gasteiger partial charge is 0.309 e. The van der Waals surface area contributed by atoms with E-state index in [1.54, 1.807) is 0 Å². The lowest BCUT2D eigenvalue weighted by atomic mass is 9.91. The van der Waals surface area contributed by atoms with Crippen molar-refractivity contribution < 1.29 is 4.79 Å². The van der Waals surface area contributed by atoms with Gasteiger partial charge in [0.05, 0.1) is 0 Å². The second kappa shape index (κ2) is 8.25. The Bertz CT molecular complexity index is 315. The van der Waals surface area contributed by atoms with Crippen LogP contribution in [0.2, 0.25) is 0 Å². The number of allylic oxidation sites excluding steroid dienone is 4. The minimum absolute atomic E-state index is 0.183. The zero-order valence-electron chi connectivity index (χ0n) is 12.1. The van der Waals surface area contributed by atoms with Crippen LogP contribution in [0.4, 0.5) is 0 Å². The van der Waals surface area contributed by atoms with Gasteiger partial charge in [-0.3, -0.25) is 4.79 Å². The van der Waals surface area contributed by atoms with Gasteiger partial charge in [-0.05, 0) is 32.5 Å². The molecule has 1 rings (SSSR count). The first-order valence-corrected chi connectivity index (χ1v) is 7.19. The molecule has 0 aromatic rings. The number of carbonyl (C=O) groups excluding carboxylic acids is 1. The summed E-state index contributed by atoms with van der Waals surface area (Å²) in [6.07, 6.45) is 12.9. The van der Waals surface area contributed by atoms with E-state index in [-0.39, 0.29) is 5.92 Å². The lowest BCUT2D eigenvalue weighted by molar-refractivity contribution is -0.119. The molecule has 1 atom stereocenters. The fourth-order valence-electron chi connectivity index (χ4n) is 2.46. The molecule has 0 saturated heterocycles. The van der Waals surface area contributed by atoms with Crippen molar-refractivity contribution in [3.8, 4) is 0 Å². The van der Waals surface area contributed by atoms with Crippen molar-refractivity contribution in [2.45, 2.75) is 45.4 Å². The maximum atomic E-state index is 12.4. The summed E-state index contributed by atoms with van der Waals surface area (Å²) in [5.41, 5.74) is 0.998. The summed E-state index contributed by atoms with van der Waals surface area (Å²) in [6.45, 7) is 3.10. The number of nitrogens with zero attached hydrogens (tertiary/aromatic N) is 1. The van der Waals surface area contributed by atoms with Crippen LogP contribution in [0.1, 0.15) is 45.4 Å². The summed E-state index contributed by atoms with van der Waals surface area (Å²) in [5, 5.41) is 0. The summed E-state index contributed by atoms with van der Waals surface area (Å²) in [6, 6.07) is 0. The third-order valence-corrected chi connectivity index (χ3v) is 3.45. The zero-order chi connectivity index (χ0) is 13.4. The topological polar surface area (TPSA) is 20.3 Å². The van der Waals surface area contributed by atoms with Crippen LogP contribution in [0.25, 0.3) is 0 Å². The molecule has 102 valence electrons. The Morgan fingerprint density at radius 2 is 2.11 bits per heavy atom. The van der Waals surface area contributed by atoms with E-state index >= 15 is 0 Å². The quantitative estimate of drug-likeness (QED) is 0.582. The molecule has 0 radical (unpaired) electrons. The van der Waals surface area contributed by atoms with E-state index in [2.05, 4.69) is 17.9 Å². The molecule has 0 heterocycles. The van der Waals surface area contributed by atoms with E-state index in [4.69, 9.17) is 0 Å². The Morgan fingerprint density at radius 1 is 1.33 bits per heavy atom. The molecular formula is C16H27NO. The Kier molecular flexibility index (Phi) is 6.96. The van der Waals surface area contributed by atoms with Gasteiger partial charge in [0, 0.05) is 12.5 Å². The van der Waals surface area contributed by atoms with Crippen molar-refractivity contribution in [1.82, 2.24) is 4.90 Å². The molecule has 0 N–H and O–H groups in total. The van der Waals surface area contributed by atoms with Crippen molar-refractivity contribution in [2.24, 2.45) is 5.92 Å². The molecule has 1 unspecified atom stereocenters. The molecular weight excluding hydrogens is 222 g/mol. The van der Waals surface area contributed by atoms with Gasteiger partial charge in [-0.25, -0.2) is 0 Å². The van der Waals surface area contributed by atoms with E-state index in [0.29, 0.717) is 5.78 Å². The fraction of sp³-hybridized carbons (Fsp3) is 0.688. The summed E-state index contributed by atoms with van der Waals surface area (Å²) in [7, 11) is 4.10. The second-order valence-electron chi connectivity index (χ2n) is 5.50. The van der Waals surface area contributed by atoms with Gasteiger partial charge in [0.25, 0.3) is 0 Å². The molecule has 0 bridgehead atoms. The van der Waals surface area contributed by atoms with Crippen LogP contribution in [-0.4, -0.2) is 31.3 Å². The molecule has 18 heavy (non-hydrogen) atoms. The first kappa shape index (κ1) is 15.2. The number of Topliss-reactive ketones (excluding diaryl/α,β-unsaturated/α-hetero) is 1. The molecule has 0 aromatic heterocycles. The van der Waals surface area contributed by atoms with Gasteiger partial charge in [0.2, 0.25) is 0 Å². The highest BCUT2D eigenvalue weighted by Gasteiger charge is 2.22. The lowest BCUT2D eigenvalue weighted by Crippen LogP contribution is -2.28. The molecule has 0 aromatic carbocycles. The van der Waals surface area contributed by atoms with Crippen molar-refractivity contribution >= 4 is 5.78 Å². The van der Waals surface area contributed by atoms with Gasteiger partial charge in [0.1, 0.15) is 0 Å². The van der Waals surface area contributed by atoms with Gasteiger partial charge in [-0.1, -0.05) is 50.8 Å². The fourth-order valence-corrected chi connectivity index (χ4v) is 2.46. The Hall–Kier alpha value is -0.890. The normalized spacial score (nSPS) is 16.1. The monoisotopic (exact) mass is 249 g/mol. The van der Waals surface area contributed by atoms with E-state index in [1.807, 2.05) is 26.2 Å². The third kappa shape index (κ3) is 5.18. The second-order valence-corrected chi connectivity index (χ2v) is 5.50. The molecule has 2 nitrogen and oxygen atoms in total. The lowest BCUT2D eigenvalue weighted by Gasteiger charge is -2.20. The Labute approximate surface area is 112 Å². The molecule has 0 aliphatic heterocycles. The highest BCUT2D eigenvalue weighted by molar-refractivity contribution is 5.98. The average Bonchev–Trinajstić information content (AvgIpc) is 2.85. The third-order valence-electron chi connectivity index (χ3n) is 3.45. The van der Waals surface area contributed by atoms with Crippen molar-refractivity contribution in [1.29, 1.82) is 0 Å². The number of hydrogen-bond acceptors (Lipinski definition) is 2. The predicted octanol–water partition coefficient (Wildman–Crippen LogP) is 3.59. The van der Waals surface area contributed by atoms with Crippen molar-refractivity contribution in [3.63, 3.8) is 0 Å². The van der Waals surface area contributed by atoms with E-state index in [0.717, 1.165) is 25.0 Å². The van der Waals surface area contributed by atoms with Gasteiger partial charge in [-0.15, -0.1) is 0 Å². The van der Waals surface area contributed by atoms with E-state index in [9.17, 15) is 4.79 Å². The maximum absolute atomic E-state index is 12.4. The van der Waals surface area contributed by atoms with Gasteiger partial charge < -0.3 is 4.90 Å². The molecule has 1 aliphatic carbocycles. The molecule has 1 aliphatic rings. The standard InChI is InChI=1S/C16H27NO/c1-4-5-6-7-12-15(13-17(2)3)16(18)14-10-8-9-11-14/h8-10,15H,4-7,11-13H2,1-3H3. The van der Waals surface area contributed by atoms with Crippen LogP contribution < -0.4 is 0 Å². The number of carbonyl (C=O) groups is 1. The molecule has 0 spiro atoms. The minimum atomic E-state index is 0.183. The van der Waals surface area contributed by atoms with Gasteiger partial charge in [0.15, 0.2) is 5.78 Å². The van der Waals surface area contributed by atoms with E-state index in [1.165, 1.54) is 25.7 Å². The minimum Gasteiger partial charge on any atom is -0.309 e. The van der Waals surface area contributed by atoms with Crippen LogP contribution in [-0.2, 0) is 4.79 Å². The van der Waals surface area contributed by atoms with Gasteiger partial charge in [-0.2, -0.15) is 0 Å². The van der Waals surface area contributed by atoms with Crippen LogP contribution in [0.5, 0.6) is 0 Å². The molecule has 2 heteroatoms. The zero-order valence-corrected chi connectivity index (χ0v) is 12.1. The molecule has 0 amide bonds. The Balaban J connectivity index is 2.46. The van der Waals surface area contributed by atoms with Crippen molar-refractivity contribution in [2.75, 3.05) is 20.6 Å². The SMILES string of the molecule is CCCCCCC(CN(C)C)C(=O)C1=CC=CC1. The highest BCUT2D eigenvalue weighted by Crippen LogP contribution is 2.21. The average molecular weight is 249 g/mol. The molecule has 0 fully saturated rings. The number of hydrogen-bond donors (Lipinski definition) is 0. The van der Waals surface area contributed by atoms with Crippen LogP contribution in [0.15, 0.2) is 23.8 Å². The summed E-state index contributed by atoms with van der Waals surface area (Å²) < 4.78 is 0. The van der Waals surface area contributed by atoms with Crippen LogP contribution in [0, 0.1) is 5.92 Å². The van der Waals surface area contributed by atoms with E-state index < -0.39 is 0 Å². The number of ketones is 1. The Morgan fingerprint density at radius 3 is 2.67 bits per heavy atom. The van der Waals surface area contributed by atoms with Crippen LogP contribution in [0.3, 0.4) is 0 Å². The maximum Gasteiger partial charge on any atom is 0.163 e. The van der Waals surface area contributed by atoms with Gasteiger partial charge >= 0.3 is 0 Å². The predicted molar refractivity (Wildman–Crippen MR) is 77.7 cm³/mol. The summed E-state index contributed by atoms with van der Waals surface area (Å²) in [5.74, 6) is 0.549. The highest BCUT2D eigenvalue weighted by atomic mass is 16.1. The first-order valence-electron chi connectivity index (χ1n) is 7.19. The van der Waals surface area contributed by atoms with Crippen LogP contribution >= 0.6 is 0 Å². The first-order chi connectivity index (χ1) is 8.65. The smallest absolute Gasteiger partial charge is 0.163 e. The molecule has 0 saturated carbocycles. The number of unbranched alkanes of at least 4 members (excludes halogenated alkanes) is 3. The van der Waals surface area contributed by atoms with Crippen molar-refractivity contribution in [3.05, 3.63) is 23.8 Å². The number of rotatable bonds is 9. The summed E-state index contributed by atoms with van der Waals surface area (Å²) >= 11 is 0. The summed E-state index contributed by atoms with van der Waals surface area (Å²) in [4.78, 5) is 14.5.